The molecule has 0 fully saturated rings. The molecule has 0 aromatic heterocycles. The van der Waals surface area contributed by atoms with Gasteiger partial charge in [0.05, 0.1) is 0 Å². The fraction of sp³-hybridized carbons (Fsp3) is 0. The lowest BCUT2D eigenvalue weighted by molar-refractivity contribution is 0.583. The van der Waals surface area contributed by atoms with Crippen molar-refractivity contribution in [2.45, 2.75) is 0 Å². The minimum atomic E-state index is -3.71. The summed E-state index contributed by atoms with van der Waals surface area (Å²) in [6, 6.07) is 48.2. The first-order chi connectivity index (χ1) is 19.1. The second-order valence-corrected chi connectivity index (χ2v) is 12.9. The van der Waals surface area contributed by atoms with Gasteiger partial charge < -0.3 is 25.4 Å². The molecule has 0 unspecified atom stereocenters. The summed E-state index contributed by atoms with van der Waals surface area (Å²) in [6.07, 6.45) is 0. The number of rotatable bonds is 11. The smallest absolute Gasteiger partial charge is 0.320 e. The van der Waals surface area contributed by atoms with Gasteiger partial charge in [0.2, 0.25) is 7.51 Å². The molecule has 0 heterocycles. The number of nitrogens with one attached hydrogen (secondary N) is 5. The van der Waals surface area contributed by atoms with Crippen LogP contribution < -0.4 is 25.4 Å². The van der Waals surface area contributed by atoms with Crippen LogP contribution in [0.3, 0.4) is 0 Å². The number of benzene rings is 5. The number of nitrogens with zero attached hydrogens (tertiary/aromatic N) is 1. The van der Waals surface area contributed by atoms with Crippen molar-refractivity contribution in [2.24, 2.45) is 4.52 Å². The van der Waals surface area contributed by atoms with E-state index >= 15 is 0 Å². The molecule has 0 bridgehead atoms. The normalized spacial score (nSPS) is 11.2. The van der Waals surface area contributed by atoms with Gasteiger partial charge in [-0.05, 0) is 60.7 Å². The first-order valence-electron chi connectivity index (χ1n) is 12.5. The van der Waals surface area contributed by atoms with Crippen LogP contribution in [0.1, 0.15) is 0 Å². The Balaban J connectivity index is 1.69. The van der Waals surface area contributed by atoms with Crippen molar-refractivity contribution in [3.8, 4) is 0 Å². The zero-order valence-electron chi connectivity index (χ0n) is 21.2. The van der Waals surface area contributed by atoms with E-state index < -0.39 is 15.1 Å². The van der Waals surface area contributed by atoms with E-state index in [1.165, 1.54) is 0 Å². The van der Waals surface area contributed by atoms with E-state index in [9.17, 15) is 4.57 Å². The zero-order chi connectivity index (χ0) is 26.8. The fourth-order valence-electron chi connectivity index (χ4n) is 3.89. The van der Waals surface area contributed by atoms with Crippen LogP contribution in [0.2, 0.25) is 0 Å². The van der Waals surface area contributed by atoms with Gasteiger partial charge in [-0.15, -0.1) is 4.52 Å². The summed E-state index contributed by atoms with van der Waals surface area (Å²) in [6.45, 7) is 0. The molecule has 9 heteroatoms. The fourth-order valence-corrected chi connectivity index (χ4v) is 9.08. The van der Waals surface area contributed by atoms with Crippen LogP contribution in [-0.4, -0.2) is 0 Å². The first kappa shape index (κ1) is 26.2. The molecule has 0 spiro atoms. The third-order valence-corrected chi connectivity index (χ3v) is 10.5. The summed E-state index contributed by atoms with van der Waals surface area (Å²) in [4.78, 5) is 0. The van der Waals surface area contributed by atoms with Crippen molar-refractivity contribution in [1.82, 2.24) is 0 Å². The highest BCUT2D eigenvalue weighted by Crippen LogP contribution is 2.60. The third kappa shape index (κ3) is 7.55. The number of hydrogen-bond acceptors (Lipinski definition) is 1. The minimum Gasteiger partial charge on any atom is -0.320 e. The Kier molecular flexibility index (Phi) is 8.33. The van der Waals surface area contributed by atoms with Crippen LogP contribution in [0.25, 0.3) is 0 Å². The van der Waals surface area contributed by atoms with Crippen LogP contribution in [0.4, 0.5) is 28.4 Å². The van der Waals surface area contributed by atoms with Crippen molar-refractivity contribution in [1.29, 1.82) is 0 Å². The molecule has 0 saturated heterocycles. The molecule has 0 radical (unpaired) electrons. The summed E-state index contributed by atoms with van der Waals surface area (Å²) in [7, 11) is -6.78. The van der Waals surface area contributed by atoms with Crippen molar-refractivity contribution in [2.75, 3.05) is 25.4 Å². The Labute approximate surface area is 229 Å². The van der Waals surface area contributed by atoms with Gasteiger partial charge in [0.25, 0.3) is 0 Å². The van der Waals surface area contributed by atoms with E-state index in [1.54, 1.807) is 0 Å². The Morgan fingerprint density at radius 1 is 0.359 bits per heavy atom. The van der Waals surface area contributed by atoms with E-state index in [2.05, 4.69) is 25.4 Å². The van der Waals surface area contributed by atoms with Gasteiger partial charge in [-0.3, -0.25) is 0 Å². The lowest BCUT2D eigenvalue weighted by atomic mass is 10.3. The molecule has 39 heavy (non-hydrogen) atoms. The maximum atomic E-state index is 14.9. The van der Waals surface area contributed by atoms with Crippen molar-refractivity contribution < 1.29 is 4.57 Å². The maximum Gasteiger partial charge on any atom is 0.376 e. The molecule has 0 aliphatic rings. The van der Waals surface area contributed by atoms with Gasteiger partial charge in [0.15, 0.2) is 0 Å². The molecule has 0 atom stereocenters. The van der Waals surface area contributed by atoms with E-state index in [0.29, 0.717) is 11.4 Å². The van der Waals surface area contributed by atoms with Crippen molar-refractivity contribution in [3.05, 3.63) is 152 Å². The van der Waals surface area contributed by atoms with E-state index in [4.69, 9.17) is 4.52 Å². The summed E-state index contributed by atoms with van der Waals surface area (Å²) >= 11 is 0. The SMILES string of the molecule is O=P(N=P(Nc1ccccc1)(Nc1ccccc1)Nc1ccccc1)(Nc1ccccc1)Nc1ccccc1. The summed E-state index contributed by atoms with van der Waals surface area (Å²) in [5, 5.41) is 17.2. The van der Waals surface area contributed by atoms with Crippen LogP contribution in [0.15, 0.2) is 156 Å². The van der Waals surface area contributed by atoms with Crippen LogP contribution in [-0.2, 0) is 4.57 Å². The van der Waals surface area contributed by atoms with Gasteiger partial charge in [0, 0.05) is 28.4 Å². The Bertz CT molecular complexity index is 1400. The average molecular weight is 553 g/mol. The standard InChI is InChI=1S/C30H30N6OP2/c37-39(34-29-22-12-4-13-23-29,35-30-24-14-5-15-25-30)36-38(31-26-16-6-1-7-17-26,32-27-18-8-2-9-19-27)33-28-20-10-3-11-21-28/h1-25,31-33H,(H2,34,35,37). The predicted molar refractivity (Wildman–Crippen MR) is 167 cm³/mol. The van der Waals surface area contributed by atoms with Crippen LogP contribution in [0.5, 0.6) is 0 Å². The monoisotopic (exact) mass is 552 g/mol. The zero-order valence-corrected chi connectivity index (χ0v) is 23.0. The molecule has 0 amide bonds. The van der Waals surface area contributed by atoms with Gasteiger partial charge in [0.1, 0.15) is 0 Å². The van der Waals surface area contributed by atoms with E-state index in [-0.39, 0.29) is 0 Å². The molecule has 5 aromatic rings. The highest BCUT2D eigenvalue weighted by atomic mass is 31.2. The summed E-state index contributed by atoms with van der Waals surface area (Å²) < 4.78 is 20.0. The molecule has 0 saturated carbocycles. The number of para-hydroxylation sites is 5. The molecule has 0 aliphatic carbocycles. The van der Waals surface area contributed by atoms with Gasteiger partial charge in [-0.1, -0.05) is 91.0 Å². The van der Waals surface area contributed by atoms with E-state index in [1.807, 2.05) is 152 Å². The molecule has 7 nitrogen and oxygen atoms in total. The predicted octanol–water partition coefficient (Wildman–Crippen LogP) is 9.60. The lowest BCUT2D eigenvalue weighted by Gasteiger charge is -2.32. The largest absolute Gasteiger partial charge is 0.376 e. The Morgan fingerprint density at radius 3 is 0.846 bits per heavy atom. The second-order valence-electron chi connectivity index (χ2n) is 8.69. The van der Waals surface area contributed by atoms with Crippen molar-refractivity contribution in [3.63, 3.8) is 0 Å². The summed E-state index contributed by atoms with van der Waals surface area (Å²) in [5.41, 5.74) is 3.85. The average Bonchev–Trinajstić information content (AvgIpc) is 2.95. The van der Waals surface area contributed by atoms with Crippen LogP contribution in [0, 0.1) is 0 Å². The second kappa shape index (κ2) is 12.4. The Hall–Kier alpha value is -4.44. The molecule has 5 N–H and O–H groups in total. The Morgan fingerprint density at radius 2 is 0.590 bits per heavy atom. The summed E-state index contributed by atoms with van der Waals surface area (Å²) in [5.74, 6) is 0. The highest BCUT2D eigenvalue weighted by Gasteiger charge is 2.30. The molecule has 5 aromatic carbocycles. The third-order valence-electron chi connectivity index (χ3n) is 5.56. The topological polar surface area (TPSA) is 89.6 Å². The van der Waals surface area contributed by atoms with Gasteiger partial charge >= 0.3 is 7.59 Å². The van der Waals surface area contributed by atoms with Gasteiger partial charge in [-0.25, -0.2) is 4.57 Å². The molecule has 5 rings (SSSR count). The highest BCUT2D eigenvalue weighted by molar-refractivity contribution is 7.79. The minimum absolute atomic E-state index is 0.685. The number of anilines is 5. The lowest BCUT2D eigenvalue weighted by Crippen LogP contribution is -2.16. The molecule has 0 aliphatic heterocycles. The molecular formula is C30H30N6OP2. The quantitative estimate of drug-likeness (QED) is 0.105. The maximum absolute atomic E-state index is 14.9. The van der Waals surface area contributed by atoms with Gasteiger partial charge in [-0.2, -0.15) is 0 Å². The molecule has 196 valence electrons. The van der Waals surface area contributed by atoms with Crippen LogP contribution >= 0.6 is 15.1 Å². The van der Waals surface area contributed by atoms with E-state index in [0.717, 1.165) is 17.1 Å². The first-order valence-corrected chi connectivity index (χ1v) is 15.9. The number of hydrogen-bond donors (Lipinski definition) is 5. The van der Waals surface area contributed by atoms with Crippen molar-refractivity contribution >= 4 is 43.5 Å². The molecular weight excluding hydrogens is 522 g/mol.